The lowest BCUT2D eigenvalue weighted by Gasteiger charge is -2.50. The zero-order chi connectivity index (χ0) is 19.0. The van der Waals surface area contributed by atoms with Gasteiger partial charge >= 0.3 is 0 Å². The molecular formula is C20H32N2O5. The molecule has 5 aliphatic heterocycles. The Labute approximate surface area is 161 Å². The van der Waals surface area contributed by atoms with E-state index in [1.807, 2.05) is 18.7 Å². The molecule has 0 radical (unpaired) electrons. The van der Waals surface area contributed by atoms with Crippen LogP contribution in [0, 0.1) is 17.8 Å². The molecule has 0 N–H and O–H groups in total. The molecule has 0 aromatic carbocycles. The number of hydrogen-bond donors (Lipinski definition) is 0. The van der Waals surface area contributed by atoms with Gasteiger partial charge in [0.2, 0.25) is 5.79 Å². The van der Waals surface area contributed by atoms with Gasteiger partial charge in [-0.15, -0.1) is 0 Å². The Hall–Kier alpha value is -0.730. The van der Waals surface area contributed by atoms with Crippen LogP contribution in [0.2, 0.25) is 0 Å². The minimum atomic E-state index is -0.926. The summed E-state index contributed by atoms with van der Waals surface area (Å²) in [7, 11) is 2.10. The van der Waals surface area contributed by atoms with E-state index in [2.05, 4.69) is 18.9 Å². The molecule has 152 valence electrons. The number of carbonyl (C=O) groups excluding carboxylic acids is 1. The maximum atomic E-state index is 13.6. The Bertz CT molecular complexity index is 638. The molecule has 1 spiro atoms. The van der Waals surface area contributed by atoms with Crippen molar-refractivity contribution in [2.75, 3.05) is 33.2 Å². The first-order chi connectivity index (χ1) is 12.8. The van der Waals surface area contributed by atoms with Gasteiger partial charge in [0.1, 0.15) is 0 Å². The van der Waals surface area contributed by atoms with Crippen molar-refractivity contribution in [3.8, 4) is 0 Å². The van der Waals surface area contributed by atoms with Crippen molar-refractivity contribution in [3.05, 3.63) is 0 Å². The molecule has 7 nitrogen and oxygen atoms in total. The lowest BCUT2D eigenvalue weighted by molar-refractivity contribution is -0.541. The topological polar surface area (TPSA) is 60.5 Å². The van der Waals surface area contributed by atoms with Crippen LogP contribution in [0.1, 0.15) is 46.5 Å². The number of hydrogen-bond acceptors (Lipinski definition) is 6. The molecule has 6 rings (SSSR count). The van der Waals surface area contributed by atoms with Crippen LogP contribution in [-0.2, 0) is 24.0 Å². The number of amides is 1. The summed E-state index contributed by atoms with van der Waals surface area (Å²) in [4.78, 5) is 29.8. The zero-order valence-electron chi connectivity index (χ0n) is 16.9. The Morgan fingerprint density at radius 1 is 1.00 bits per heavy atom. The van der Waals surface area contributed by atoms with Crippen LogP contribution in [0.5, 0.6) is 0 Å². The van der Waals surface area contributed by atoms with Gasteiger partial charge in [0, 0.05) is 38.5 Å². The molecular weight excluding hydrogens is 348 g/mol. The molecule has 1 amide bonds. The molecule has 2 bridgehead atoms. The van der Waals surface area contributed by atoms with Gasteiger partial charge in [-0.05, 0) is 52.0 Å². The Morgan fingerprint density at radius 3 is 2.48 bits per heavy atom. The first kappa shape index (κ1) is 18.3. The SMILES string of the molecule is C[C@@H]1CCC2[C@]34OO[C@](C)(CC[C@@H]13)O[C@H]4O[C@]2(C)C(=O)N1CCN(C)CC1. The normalized spacial score (nSPS) is 52.5. The quantitative estimate of drug-likeness (QED) is 0.646. The summed E-state index contributed by atoms with van der Waals surface area (Å²) >= 11 is 0. The van der Waals surface area contributed by atoms with Crippen molar-refractivity contribution in [1.82, 2.24) is 9.80 Å². The summed E-state index contributed by atoms with van der Waals surface area (Å²) in [6.45, 7) is 9.44. The molecule has 6 aliphatic rings. The van der Waals surface area contributed by atoms with Crippen molar-refractivity contribution in [3.63, 3.8) is 0 Å². The number of rotatable bonds is 1. The smallest absolute Gasteiger partial charge is 0.255 e. The van der Waals surface area contributed by atoms with E-state index in [4.69, 9.17) is 19.2 Å². The number of piperazine rings is 1. The van der Waals surface area contributed by atoms with E-state index in [1.54, 1.807) is 0 Å². The molecule has 1 aliphatic carbocycles. The molecule has 6 fully saturated rings. The number of carbonyl (C=O) groups is 1. The van der Waals surface area contributed by atoms with E-state index in [-0.39, 0.29) is 17.7 Å². The molecule has 27 heavy (non-hydrogen) atoms. The molecule has 1 unspecified atom stereocenters. The van der Waals surface area contributed by atoms with Crippen LogP contribution in [0.15, 0.2) is 0 Å². The predicted molar refractivity (Wildman–Crippen MR) is 96.4 cm³/mol. The maximum Gasteiger partial charge on any atom is 0.255 e. The van der Waals surface area contributed by atoms with Gasteiger partial charge in [0.15, 0.2) is 17.5 Å². The molecule has 7 heteroatoms. The Balaban J connectivity index is 1.51. The lowest BCUT2D eigenvalue weighted by Crippen LogP contribution is -2.63. The van der Waals surface area contributed by atoms with Crippen molar-refractivity contribution in [2.45, 2.75) is 69.7 Å². The van der Waals surface area contributed by atoms with Crippen molar-refractivity contribution < 1.29 is 24.0 Å². The molecule has 0 aromatic rings. The van der Waals surface area contributed by atoms with Gasteiger partial charge in [-0.3, -0.25) is 4.79 Å². The maximum absolute atomic E-state index is 13.6. The third kappa shape index (κ3) is 2.42. The molecule has 7 atom stereocenters. The number of fused-ring (bicyclic) bond motifs is 2. The Kier molecular flexibility index (Phi) is 3.99. The molecule has 1 saturated carbocycles. The van der Waals surface area contributed by atoms with E-state index in [0.29, 0.717) is 5.92 Å². The molecule has 0 aromatic heterocycles. The fourth-order valence-electron chi connectivity index (χ4n) is 6.23. The largest absolute Gasteiger partial charge is 0.338 e. The fraction of sp³-hybridized carbons (Fsp3) is 0.950. The second kappa shape index (κ2) is 5.89. The van der Waals surface area contributed by atoms with Crippen LogP contribution in [0.3, 0.4) is 0 Å². The molecule has 5 saturated heterocycles. The average Bonchev–Trinajstić information content (AvgIpc) is 2.73. The van der Waals surface area contributed by atoms with Crippen molar-refractivity contribution in [1.29, 1.82) is 0 Å². The van der Waals surface area contributed by atoms with E-state index >= 15 is 0 Å². The van der Waals surface area contributed by atoms with Crippen LogP contribution in [0.4, 0.5) is 0 Å². The predicted octanol–water partition coefficient (Wildman–Crippen LogP) is 1.76. The van der Waals surface area contributed by atoms with Crippen molar-refractivity contribution >= 4 is 5.91 Å². The first-order valence-electron chi connectivity index (χ1n) is 10.5. The Morgan fingerprint density at radius 2 is 1.74 bits per heavy atom. The van der Waals surface area contributed by atoms with Gasteiger partial charge in [0.05, 0.1) is 0 Å². The third-order valence-electron chi connectivity index (χ3n) is 7.95. The highest BCUT2D eigenvalue weighted by Gasteiger charge is 2.75. The van der Waals surface area contributed by atoms with Crippen LogP contribution in [-0.4, -0.2) is 72.2 Å². The monoisotopic (exact) mass is 380 g/mol. The van der Waals surface area contributed by atoms with Gasteiger partial charge in [-0.2, -0.15) is 0 Å². The summed E-state index contributed by atoms with van der Waals surface area (Å²) in [6, 6.07) is 0. The fourth-order valence-corrected chi connectivity index (χ4v) is 6.23. The van der Waals surface area contributed by atoms with Gasteiger partial charge in [-0.1, -0.05) is 6.92 Å². The first-order valence-corrected chi connectivity index (χ1v) is 10.5. The van der Waals surface area contributed by atoms with Crippen LogP contribution >= 0.6 is 0 Å². The summed E-state index contributed by atoms with van der Waals surface area (Å²) < 4.78 is 12.8. The minimum absolute atomic E-state index is 0.0500. The summed E-state index contributed by atoms with van der Waals surface area (Å²) in [5.41, 5.74) is -1.60. The summed E-state index contributed by atoms with van der Waals surface area (Å²) in [5.74, 6) is 0.0246. The van der Waals surface area contributed by atoms with E-state index in [9.17, 15) is 4.79 Å². The highest BCUT2D eigenvalue weighted by molar-refractivity contribution is 5.86. The van der Waals surface area contributed by atoms with E-state index < -0.39 is 23.3 Å². The number of likely N-dealkylation sites (N-methyl/N-ethyl adjacent to an activating group) is 1. The van der Waals surface area contributed by atoms with Gasteiger partial charge in [0.25, 0.3) is 5.91 Å². The second-order valence-corrected chi connectivity index (χ2v) is 9.68. The van der Waals surface area contributed by atoms with Crippen LogP contribution < -0.4 is 0 Å². The molecule has 5 heterocycles. The number of ether oxygens (including phenoxy) is 2. The highest BCUT2D eigenvalue weighted by atomic mass is 17.3. The van der Waals surface area contributed by atoms with Crippen molar-refractivity contribution in [2.24, 2.45) is 17.8 Å². The lowest BCUT2D eigenvalue weighted by atomic mass is 9.59. The summed E-state index contributed by atoms with van der Waals surface area (Å²) in [5, 5.41) is 0. The van der Waals surface area contributed by atoms with Gasteiger partial charge < -0.3 is 19.3 Å². The second-order valence-electron chi connectivity index (χ2n) is 9.68. The van der Waals surface area contributed by atoms with Crippen LogP contribution in [0.25, 0.3) is 0 Å². The van der Waals surface area contributed by atoms with E-state index in [1.165, 1.54) is 0 Å². The number of nitrogens with zero attached hydrogens (tertiary/aromatic N) is 2. The zero-order valence-corrected chi connectivity index (χ0v) is 16.9. The summed E-state index contributed by atoms with van der Waals surface area (Å²) in [6.07, 6.45) is 3.21. The van der Waals surface area contributed by atoms with E-state index in [0.717, 1.165) is 51.9 Å². The highest BCUT2D eigenvalue weighted by Crippen LogP contribution is 2.63. The minimum Gasteiger partial charge on any atom is -0.338 e. The average molecular weight is 380 g/mol. The third-order valence-corrected chi connectivity index (χ3v) is 7.95. The van der Waals surface area contributed by atoms with Gasteiger partial charge in [-0.25, -0.2) is 9.78 Å². The standard InChI is InChI=1S/C20H32N2O5/c1-13-5-6-15-19(3,16(23)22-11-9-21(4)10-12-22)25-17-20(15)14(13)7-8-18(2,24-17)26-27-20/h13-15,17H,5-12H2,1-4H3/t13-,14+,15?,17+,18-,19+,20-/m1/s1.